The van der Waals surface area contributed by atoms with E-state index in [1.807, 2.05) is 12.1 Å². The summed E-state index contributed by atoms with van der Waals surface area (Å²) in [7, 11) is 0. The second-order valence-electron chi connectivity index (χ2n) is 4.08. The van der Waals surface area contributed by atoms with E-state index in [4.69, 9.17) is 6.42 Å². The van der Waals surface area contributed by atoms with Gasteiger partial charge in [0.15, 0.2) is 0 Å². The Labute approximate surface area is 102 Å². The highest BCUT2D eigenvalue weighted by Crippen LogP contribution is 2.18. The number of rotatable bonds is 3. The molecule has 1 aliphatic heterocycles. The number of terminal acetylenes is 1. The van der Waals surface area contributed by atoms with Crippen LogP contribution < -0.4 is 10.6 Å². The monoisotopic (exact) mass is 228 g/mol. The van der Waals surface area contributed by atoms with Crippen LogP contribution in [0.25, 0.3) is 0 Å². The molecule has 1 aromatic rings. The first-order valence-electron chi connectivity index (χ1n) is 5.86. The standard InChI is InChI=1S/C14H16N2O/c1-2-3-8-16-14(17)13-6-4-5-11-10-15-9-7-12(11)13/h1,4-6,15H,3,7-10H2,(H,16,17). The largest absolute Gasteiger partial charge is 0.351 e. The molecule has 2 N–H and O–H groups in total. The molecule has 0 spiro atoms. The Morgan fingerprint density at radius 2 is 2.41 bits per heavy atom. The quantitative estimate of drug-likeness (QED) is 0.600. The maximum atomic E-state index is 12.0. The van der Waals surface area contributed by atoms with Gasteiger partial charge in [-0.1, -0.05) is 12.1 Å². The molecule has 0 unspecified atom stereocenters. The van der Waals surface area contributed by atoms with Gasteiger partial charge in [0.05, 0.1) is 0 Å². The third kappa shape index (κ3) is 2.66. The van der Waals surface area contributed by atoms with Crippen molar-refractivity contribution >= 4 is 5.91 Å². The minimum Gasteiger partial charge on any atom is -0.351 e. The summed E-state index contributed by atoms with van der Waals surface area (Å²) in [6.45, 7) is 2.32. The normalized spacial score (nSPS) is 13.6. The highest BCUT2D eigenvalue weighted by molar-refractivity contribution is 5.96. The van der Waals surface area contributed by atoms with Crippen LogP contribution in [-0.4, -0.2) is 19.0 Å². The van der Waals surface area contributed by atoms with E-state index in [2.05, 4.69) is 22.6 Å². The number of benzene rings is 1. The van der Waals surface area contributed by atoms with E-state index in [1.165, 1.54) is 11.1 Å². The fraction of sp³-hybridized carbons (Fsp3) is 0.357. The van der Waals surface area contributed by atoms with Crippen LogP contribution in [0, 0.1) is 12.3 Å². The average Bonchev–Trinajstić information content (AvgIpc) is 2.38. The van der Waals surface area contributed by atoms with E-state index in [0.717, 1.165) is 25.1 Å². The second-order valence-corrected chi connectivity index (χ2v) is 4.08. The zero-order valence-corrected chi connectivity index (χ0v) is 9.75. The molecule has 1 amide bonds. The molecule has 1 aliphatic rings. The van der Waals surface area contributed by atoms with Crippen LogP contribution >= 0.6 is 0 Å². The number of nitrogens with one attached hydrogen (secondary N) is 2. The fourth-order valence-corrected chi connectivity index (χ4v) is 2.09. The van der Waals surface area contributed by atoms with Crippen LogP contribution in [-0.2, 0) is 13.0 Å². The van der Waals surface area contributed by atoms with Crippen LogP contribution in [0.1, 0.15) is 27.9 Å². The first-order chi connectivity index (χ1) is 8.33. The van der Waals surface area contributed by atoms with Gasteiger partial charge in [-0.2, -0.15) is 0 Å². The van der Waals surface area contributed by atoms with E-state index >= 15 is 0 Å². The van der Waals surface area contributed by atoms with E-state index in [-0.39, 0.29) is 5.91 Å². The smallest absolute Gasteiger partial charge is 0.251 e. The van der Waals surface area contributed by atoms with Crippen molar-refractivity contribution in [2.75, 3.05) is 13.1 Å². The number of carbonyl (C=O) groups excluding carboxylic acids is 1. The van der Waals surface area contributed by atoms with Gasteiger partial charge in [0, 0.05) is 25.1 Å². The Balaban J connectivity index is 2.15. The molecule has 3 heteroatoms. The molecule has 0 saturated heterocycles. The molecule has 3 nitrogen and oxygen atoms in total. The van der Waals surface area contributed by atoms with Crippen LogP contribution in [0.2, 0.25) is 0 Å². The number of amides is 1. The molecule has 17 heavy (non-hydrogen) atoms. The molecular formula is C14H16N2O. The number of hydrogen-bond acceptors (Lipinski definition) is 2. The molecule has 1 aromatic carbocycles. The molecular weight excluding hydrogens is 212 g/mol. The number of carbonyl (C=O) groups is 1. The van der Waals surface area contributed by atoms with Gasteiger partial charge in [0.1, 0.15) is 0 Å². The van der Waals surface area contributed by atoms with Crippen molar-refractivity contribution in [3.63, 3.8) is 0 Å². The van der Waals surface area contributed by atoms with Gasteiger partial charge in [-0.3, -0.25) is 4.79 Å². The van der Waals surface area contributed by atoms with Crippen molar-refractivity contribution in [3.05, 3.63) is 34.9 Å². The maximum absolute atomic E-state index is 12.0. The van der Waals surface area contributed by atoms with E-state index < -0.39 is 0 Å². The second kappa shape index (κ2) is 5.51. The summed E-state index contributed by atoms with van der Waals surface area (Å²) in [6.07, 6.45) is 6.64. The SMILES string of the molecule is C#CCCNC(=O)c1cccc2c1CCNC2. The lowest BCUT2D eigenvalue weighted by molar-refractivity contribution is 0.0953. The summed E-state index contributed by atoms with van der Waals surface area (Å²) in [5, 5.41) is 6.15. The average molecular weight is 228 g/mol. The van der Waals surface area contributed by atoms with Gasteiger partial charge in [0.2, 0.25) is 0 Å². The van der Waals surface area contributed by atoms with E-state index in [0.29, 0.717) is 13.0 Å². The molecule has 0 atom stereocenters. The lowest BCUT2D eigenvalue weighted by Gasteiger charge is -2.19. The molecule has 0 saturated carbocycles. The van der Waals surface area contributed by atoms with Gasteiger partial charge in [-0.25, -0.2) is 0 Å². The zero-order chi connectivity index (χ0) is 12.1. The van der Waals surface area contributed by atoms with Gasteiger partial charge in [-0.15, -0.1) is 12.3 Å². The first kappa shape index (κ1) is 11.7. The summed E-state index contributed by atoms with van der Waals surface area (Å²) in [4.78, 5) is 12.0. The lowest BCUT2D eigenvalue weighted by Crippen LogP contribution is -2.29. The van der Waals surface area contributed by atoms with Gasteiger partial charge in [-0.05, 0) is 30.2 Å². The molecule has 0 bridgehead atoms. The number of fused-ring (bicyclic) bond motifs is 1. The molecule has 1 heterocycles. The van der Waals surface area contributed by atoms with Gasteiger partial charge in [0.25, 0.3) is 5.91 Å². The minimum atomic E-state index is -0.0148. The first-order valence-corrected chi connectivity index (χ1v) is 5.86. The summed E-state index contributed by atoms with van der Waals surface area (Å²) in [5.74, 6) is 2.50. The summed E-state index contributed by atoms with van der Waals surface area (Å²) in [6, 6.07) is 5.89. The number of hydrogen-bond donors (Lipinski definition) is 2. The Morgan fingerprint density at radius 3 is 3.24 bits per heavy atom. The van der Waals surface area contributed by atoms with E-state index in [1.54, 1.807) is 0 Å². The van der Waals surface area contributed by atoms with Crippen LogP contribution in [0.5, 0.6) is 0 Å². The minimum absolute atomic E-state index is 0.0148. The highest BCUT2D eigenvalue weighted by Gasteiger charge is 2.16. The Kier molecular flexibility index (Phi) is 3.79. The van der Waals surface area contributed by atoms with Crippen LogP contribution in [0.4, 0.5) is 0 Å². The van der Waals surface area contributed by atoms with Crippen LogP contribution in [0.15, 0.2) is 18.2 Å². The molecule has 2 rings (SSSR count). The van der Waals surface area contributed by atoms with Crippen molar-refractivity contribution in [2.24, 2.45) is 0 Å². The summed E-state index contributed by atoms with van der Waals surface area (Å²) < 4.78 is 0. The lowest BCUT2D eigenvalue weighted by atomic mass is 9.95. The van der Waals surface area contributed by atoms with Crippen molar-refractivity contribution in [1.82, 2.24) is 10.6 Å². The Bertz CT molecular complexity index is 460. The molecule has 0 fully saturated rings. The van der Waals surface area contributed by atoms with Gasteiger partial charge < -0.3 is 10.6 Å². The topological polar surface area (TPSA) is 41.1 Å². The van der Waals surface area contributed by atoms with Gasteiger partial charge >= 0.3 is 0 Å². The predicted molar refractivity (Wildman–Crippen MR) is 67.6 cm³/mol. The molecule has 0 aliphatic carbocycles. The summed E-state index contributed by atoms with van der Waals surface area (Å²) in [5.41, 5.74) is 3.19. The van der Waals surface area contributed by atoms with Crippen molar-refractivity contribution in [3.8, 4) is 12.3 Å². The fourth-order valence-electron chi connectivity index (χ4n) is 2.09. The third-order valence-corrected chi connectivity index (χ3v) is 2.94. The molecule has 0 radical (unpaired) electrons. The molecule has 88 valence electrons. The highest BCUT2D eigenvalue weighted by atomic mass is 16.1. The van der Waals surface area contributed by atoms with E-state index in [9.17, 15) is 4.79 Å². The van der Waals surface area contributed by atoms with Crippen LogP contribution in [0.3, 0.4) is 0 Å². The van der Waals surface area contributed by atoms with Crippen molar-refractivity contribution in [2.45, 2.75) is 19.4 Å². The molecule has 0 aromatic heterocycles. The zero-order valence-electron chi connectivity index (χ0n) is 9.75. The maximum Gasteiger partial charge on any atom is 0.251 e. The predicted octanol–water partition coefficient (Wildman–Crippen LogP) is 1.09. The summed E-state index contributed by atoms with van der Waals surface area (Å²) >= 11 is 0. The Morgan fingerprint density at radius 1 is 1.53 bits per heavy atom. The van der Waals surface area contributed by atoms with Crippen molar-refractivity contribution in [1.29, 1.82) is 0 Å². The third-order valence-electron chi connectivity index (χ3n) is 2.94. The Hall–Kier alpha value is -1.79. The van der Waals surface area contributed by atoms with Crippen molar-refractivity contribution < 1.29 is 4.79 Å².